The van der Waals surface area contributed by atoms with Crippen LogP contribution >= 0.6 is 0 Å². The molecule has 1 heterocycles. The number of aliphatic hydroxyl groups is 1. The summed E-state index contributed by atoms with van der Waals surface area (Å²) in [5.74, 6) is -0.425. The normalized spacial score (nSPS) is 14.8. The molecule has 1 aromatic heterocycles. The van der Waals surface area contributed by atoms with Gasteiger partial charge in [0.2, 0.25) is 0 Å². The molecule has 0 unspecified atom stereocenters. The monoisotopic (exact) mass is 222 g/mol. The molecule has 86 valence electrons. The van der Waals surface area contributed by atoms with Gasteiger partial charge in [0.1, 0.15) is 5.75 Å². The van der Waals surface area contributed by atoms with Gasteiger partial charge in [-0.1, -0.05) is 0 Å². The third kappa shape index (κ3) is 2.14. The van der Waals surface area contributed by atoms with Gasteiger partial charge in [0.15, 0.2) is 5.69 Å². The number of aromatic hydroxyl groups is 1. The van der Waals surface area contributed by atoms with Crippen molar-refractivity contribution < 1.29 is 15.0 Å². The maximum Gasteiger partial charge on any atom is 0.276 e. The first-order valence-corrected chi connectivity index (χ1v) is 5.30. The molecule has 0 saturated heterocycles. The third-order valence-corrected chi connectivity index (χ3v) is 2.58. The number of rotatable bonds is 4. The van der Waals surface area contributed by atoms with Crippen molar-refractivity contribution in [3.63, 3.8) is 0 Å². The minimum Gasteiger partial charge on any atom is -0.505 e. The average molecular weight is 222 g/mol. The Morgan fingerprint density at radius 2 is 2.31 bits per heavy atom. The van der Waals surface area contributed by atoms with Gasteiger partial charge in [-0.2, -0.15) is 0 Å². The molecule has 2 rings (SSSR count). The van der Waals surface area contributed by atoms with Crippen LogP contribution in [0.5, 0.6) is 5.75 Å². The summed E-state index contributed by atoms with van der Waals surface area (Å²) in [4.78, 5) is 17.5. The molecule has 0 atom stereocenters. The second kappa shape index (κ2) is 4.49. The molecule has 5 heteroatoms. The number of pyridine rings is 1. The van der Waals surface area contributed by atoms with E-state index in [0.29, 0.717) is 6.54 Å². The molecular formula is C11H14N2O3. The summed E-state index contributed by atoms with van der Waals surface area (Å²) in [6.07, 6.45) is 3.38. The Morgan fingerprint density at radius 1 is 1.56 bits per heavy atom. The van der Waals surface area contributed by atoms with E-state index in [2.05, 4.69) is 4.98 Å². The van der Waals surface area contributed by atoms with Gasteiger partial charge < -0.3 is 15.1 Å². The lowest BCUT2D eigenvalue weighted by atomic mass is 10.3. The van der Waals surface area contributed by atoms with Crippen molar-refractivity contribution in [2.75, 3.05) is 13.2 Å². The Balaban J connectivity index is 2.19. The first-order chi connectivity index (χ1) is 7.74. The zero-order chi connectivity index (χ0) is 11.5. The van der Waals surface area contributed by atoms with Gasteiger partial charge in [-0.3, -0.25) is 4.79 Å². The number of aliphatic hydroxyl groups excluding tert-OH is 1. The zero-order valence-corrected chi connectivity index (χ0v) is 8.83. The maximum atomic E-state index is 12.0. The van der Waals surface area contributed by atoms with Crippen LogP contribution in [0.4, 0.5) is 0 Å². The largest absolute Gasteiger partial charge is 0.505 e. The summed E-state index contributed by atoms with van der Waals surface area (Å²) in [6.45, 7) is 0.218. The standard InChI is InChI=1S/C11H14N2O3/c14-7-6-13(8-3-4-8)11(16)10-9(15)2-1-5-12-10/h1-2,5,8,14-15H,3-4,6-7H2. The molecule has 0 spiro atoms. The quantitative estimate of drug-likeness (QED) is 0.772. The fraction of sp³-hybridized carbons (Fsp3) is 0.455. The van der Waals surface area contributed by atoms with Crippen molar-refractivity contribution >= 4 is 5.91 Å². The fourth-order valence-electron chi connectivity index (χ4n) is 1.64. The van der Waals surface area contributed by atoms with Crippen LogP contribution < -0.4 is 0 Å². The molecule has 5 nitrogen and oxygen atoms in total. The van der Waals surface area contributed by atoms with E-state index in [9.17, 15) is 9.90 Å². The molecule has 0 aliphatic heterocycles. The first-order valence-electron chi connectivity index (χ1n) is 5.30. The number of aromatic nitrogens is 1. The maximum absolute atomic E-state index is 12.0. The van der Waals surface area contributed by atoms with Gasteiger partial charge in [-0.15, -0.1) is 0 Å². The predicted molar refractivity (Wildman–Crippen MR) is 57.0 cm³/mol. The Labute approximate surface area is 93.3 Å². The number of carbonyl (C=O) groups excluding carboxylic acids is 1. The minimum absolute atomic E-state index is 0.0582. The van der Waals surface area contributed by atoms with Crippen LogP contribution in [0.1, 0.15) is 23.3 Å². The molecule has 1 saturated carbocycles. The van der Waals surface area contributed by atoms with Crippen LogP contribution in [0.2, 0.25) is 0 Å². The number of carbonyl (C=O) groups is 1. The average Bonchev–Trinajstić information content (AvgIpc) is 3.09. The summed E-state index contributed by atoms with van der Waals surface area (Å²) in [6, 6.07) is 3.20. The smallest absolute Gasteiger partial charge is 0.276 e. The highest BCUT2D eigenvalue weighted by Crippen LogP contribution is 2.28. The summed E-state index contributed by atoms with van der Waals surface area (Å²) < 4.78 is 0. The van der Waals surface area contributed by atoms with Gasteiger partial charge in [0.25, 0.3) is 5.91 Å². The van der Waals surface area contributed by atoms with Crippen molar-refractivity contribution in [2.45, 2.75) is 18.9 Å². The van der Waals surface area contributed by atoms with E-state index < -0.39 is 0 Å². The first kappa shape index (κ1) is 10.9. The molecule has 16 heavy (non-hydrogen) atoms. The Bertz CT molecular complexity index is 391. The molecule has 0 radical (unpaired) electrons. The van der Waals surface area contributed by atoms with Crippen LogP contribution in [-0.4, -0.2) is 45.2 Å². The Morgan fingerprint density at radius 3 is 2.88 bits per heavy atom. The van der Waals surface area contributed by atoms with Crippen LogP contribution in [0, 0.1) is 0 Å². The lowest BCUT2D eigenvalue weighted by Gasteiger charge is -2.20. The van der Waals surface area contributed by atoms with Gasteiger partial charge in [-0.05, 0) is 25.0 Å². The van der Waals surface area contributed by atoms with E-state index in [0.717, 1.165) is 12.8 Å². The van der Waals surface area contributed by atoms with E-state index >= 15 is 0 Å². The van der Waals surface area contributed by atoms with Crippen LogP contribution in [0.25, 0.3) is 0 Å². The van der Waals surface area contributed by atoms with Gasteiger partial charge in [0.05, 0.1) is 6.61 Å². The fourth-order valence-corrected chi connectivity index (χ4v) is 1.64. The second-order valence-electron chi connectivity index (χ2n) is 3.82. The van der Waals surface area contributed by atoms with Crippen molar-refractivity contribution in [3.8, 4) is 5.75 Å². The number of hydrogen-bond donors (Lipinski definition) is 2. The summed E-state index contributed by atoms with van der Waals surface area (Å²) in [7, 11) is 0. The molecule has 1 aliphatic rings. The highest BCUT2D eigenvalue weighted by Gasteiger charge is 2.33. The van der Waals surface area contributed by atoms with Gasteiger partial charge in [-0.25, -0.2) is 4.98 Å². The number of nitrogens with zero attached hydrogens (tertiary/aromatic N) is 2. The molecule has 1 aliphatic carbocycles. The molecule has 1 amide bonds. The Hall–Kier alpha value is -1.62. The van der Waals surface area contributed by atoms with Crippen LogP contribution in [0.3, 0.4) is 0 Å². The Kier molecular flexibility index (Phi) is 3.05. The van der Waals surface area contributed by atoms with Crippen LogP contribution in [0.15, 0.2) is 18.3 Å². The van der Waals surface area contributed by atoms with Gasteiger partial charge in [0, 0.05) is 18.8 Å². The lowest BCUT2D eigenvalue weighted by Crippen LogP contribution is -2.36. The van der Waals surface area contributed by atoms with Gasteiger partial charge >= 0.3 is 0 Å². The third-order valence-electron chi connectivity index (χ3n) is 2.58. The molecular weight excluding hydrogens is 208 g/mol. The summed E-state index contributed by atoms with van der Waals surface area (Å²) in [5.41, 5.74) is 0.0582. The highest BCUT2D eigenvalue weighted by molar-refractivity contribution is 5.95. The molecule has 1 fully saturated rings. The summed E-state index contributed by atoms with van der Waals surface area (Å²) >= 11 is 0. The topological polar surface area (TPSA) is 73.7 Å². The van der Waals surface area contributed by atoms with Crippen molar-refractivity contribution in [3.05, 3.63) is 24.0 Å². The van der Waals surface area contributed by atoms with E-state index in [4.69, 9.17) is 5.11 Å². The zero-order valence-electron chi connectivity index (χ0n) is 8.83. The predicted octanol–water partition coefficient (Wildman–Crippen LogP) is 0.384. The van der Waals surface area contributed by atoms with Crippen molar-refractivity contribution in [1.82, 2.24) is 9.88 Å². The minimum atomic E-state index is -0.311. The molecule has 1 aromatic rings. The van der Waals surface area contributed by atoms with Crippen LogP contribution in [-0.2, 0) is 0 Å². The SMILES string of the molecule is O=C(c1ncccc1O)N(CCO)C1CC1. The van der Waals surface area contributed by atoms with Crippen molar-refractivity contribution in [1.29, 1.82) is 0 Å². The van der Waals surface area contributed by atoms with E-state index in [-0.39, 0.29) is 30.0 Å². The summed E-state index contributed by atoms with van der Waals surface area (Å²) in [5, 5.41) is 18.4. The lowest BCUT2D eigenvalue weighted by molar-refractivity contribution is 0.0698. The second-order valence-corrected chi connectivity index (χ2v) is 3.82. The van der Waals surface area contributed by atoms with Crippen molar-refractivity contribution in [2.24, 2.45) is 0 Å². The number of hydrogen-bond acceptors (Lipinski definition) is 4. The van der Waals surface area contributed by atoms with E-state index in [1.54, 1.807) is 11.0 Å². The number of amides is 1. The molecule has 2 N–H and O–H groups in total. The molecule has 0 aromatic carbocycles. The molecule has 0 bridgehead atoms. The van der Waals surface area contributed by atoms with E-state index in [1.807, 2.05) is 0 Å². The highest BCUT2D eigenvalue weighted by atomic mass is 16.3. The van der Waals surface area contributed by atoms with E-state index in [1.165, 1.54) is 12.3 Å².